The van der Waals surface area contributed by atoms with Gasteiger partial charge in [0.15, 0.2) is 0 Å². The van der Waals surface area contributed by atoms with Crippen molar-refractivity contribution in [2.75, 3.05) is 12.8 Å². The highest BCUT2D eigenvalue weighted by molar-refractivity contribution is 7.18. The highest BCUT2D eigenvalue weighted by Gasteiger charge is 2.14. The van der Waals surface area contributed by atoms with Gasteiger partial charge in [-0.15, -0.1) is 11.3 Å². The van der Waals surface area contributed by atoms with Crippen molar-refractivity contribution in [2.45, 2.75) is 6.92 Å². The van der Waals surface area contributed by atoms with Gasteiger partial charge in [0.25, 0.3) is 0 Å². The van der Waals surface area contributed by atoms with Crippen LogP contribution in [0.3, 0.4) is 0 Å². The maximum absolute atomic E-state index is 11.5. The zero-order chi connectivity index (χ0) is 18.3. The van der Waals surface area contributed by atoms with Gasteiger partial charge in [0.05, 0.1) is 0 Å². The summed E-state index contributed by atoms with van der Waals surface area (Å²) in [6, 6.07) is 8.46. The van der Waals surface area contributed by atoms with Gasteiger partial charge in [-0.25, -0.2) is 4.98 Å². The molecule has 4 aromatic rings. The Labute approximate surface area is 154 Å². The predicted molar refractivity (Wildman–Crippen MR) is 109 cm³/mol. The Bertz CT molecular complexity index is 1170. The number of carbonyl (C=O) groups is 1. The van der Waals surface area contributed by atoms with Gasteiger partial charge in [-0.05, 0) is 42.1 Å². The van der Waals surface area contributed by atoms with E-state index < -0.39 is 0 Å². The number of rotatable bonds is 3. The number of aromatic nitrogens is 2. The molecule has 3 heterocycles. The fourth-order valence-corrected chi connectivity index (χ4v) is 4.19. The predicted octanol–water partition coefficient (Wildman–Crippen LogP) is 4.09. The summed E-state index contributed by atoms with van der Waals surface area (Å²) in [6.45, 7) is 2.05. The molecule has 26 heavy (non-hydrogen) atoms. The van der Waals surface area contributed by atoms with Gasteiger partial charge in [-0.3, -0.25) is 4.79 Å². The first-order valence-electron chi connectivity index (χ1n) is 8.22. The molecule has 0 aliphatic carbocycles. The van der Waals surface area contributed by atoms with Crippen molar-refractivity contribution in [1.82, 2.24) is 15.3 Å². The lowest BCUT2D eigenvalue weighted by molar-refractivity contribution is -0.115. The number of nitrogens with one attached hydrogen (secondary N) is 2. The van der Waals surface area contributed by atoms with Crippen molar-refractivity contribution < 1.29 is 4.79 Å². The van der Waals surface area contributed by atoms with E-state index in [9.17, 15) is 4.79 Å². The lowest BCUT2D eigenvalue weighted by atomic mass is 10.0. The topological polar surface area (TPSA) is 83.8 Å². The maximum atomic E-state index is 11.5. The van der Waals surface area contributed by atoms with Crippen LogP contribution in [0, 0.1) is 6.92 Å². The second kappa shape index (κ2) is 6.31. The molecular weight excluding hydrogens is 344 g/mol. The van der Waals surface area contributed by atoms with Crippen molar-refractivity contribution in [3.8, 4) is 11.1 Å². The average Bonchev–Trinajstić information content (AvgIpc) is 3.23. The third kappa shape index (κ3) is 2.74. The molecule has 0 aliphatic heterocycles. The smallest absolute Gasteiger partial charge is 0.243 e. The van der Waals surface area contributed by atoms with Gasteiger partial charge in [0, 0.05) is 57.1 Å². The number of thiophene rings is 1. The van der Waals surface area contributed by atoms with Gasteiger partial charge in [0.1, 0.15) is 5.82 Å². The average molecular weight is 362 g/mol. The van der Waals surface area contributed by atoms with Crippen LogP contribution in [-0.4, -0.2) is 22.9 Å². The molecule has 0 saturated heterocycles. The number of nitrogens with zero attached hydrogens (tertiary/aromatic N) is 1. The van der Waals surface area contributed by atoms with Crippen LogP contribution in [0.15, 0.2) is 41.9 Å². The number of nitrogens with two attached hydrogens (primary N) is 1. The molecular formula is C20H18N4OS. The number of likely N-dealkylation sites (N-methyl/N-ethyl adjacent to an activating group) is 1. The maximum Gasteiger partial charge on any atom is 0.243 e. The van der Waals surface area contributed by atoms with Crippen molar-refractivity contribution >= 4 is 50.1 Å². The number of nitrogen functional groups attached to an aromatic ring is 1. The second-order valence-corrected chi connectivity index (χ2v) is 7.03. The molecule has 4 rings (SSSR count). The molecule has 5 nitrogen and oxygen atoms in total. The Morgan fingerprint density at radius 3 is 3.00 bits per heavy atom. The Hall–Kier alpha value is -3.12. The molecule has 0 unspecified atom stereocenters. The van der Waals surface area contributed by atoms with Crippen molar-refractivity contribution in [3.05, 3.63) is 53.2 Å². The normalized spacial score (nSPS) is 11.6. The largest absolute Gasteiger partial charge is 0.383 e. The minimum absolute atomic E-state index is 0.153. The standard InChI is InChI=1S/C20H18N4OS/c1-11-7-14-8-12(3-5-16(14)24-11)15-10-26-19-13(4-6-17(25)22-2)9-23-20(21)18(15)19/h3-10,24H,1-2H3,(H2,21,23)(H,22,25). The van der Waals surface area contributed by atoms with Crippen LogP contribution in [0.25, 0.3) is 38.2 Å². The fourth-order valence-electron chi connectivity index (χ4n) is 3.11. The number of aromatic amines is 1. The Balaban J connectivity index is 1.87. The number of hydrogen-bond acceptors (Lipinski definition) is 4. The molecule has 0 spiro atoms. The van der Waals surface area contributed by atoms with Crippen LogP contribution >= 0.6 is 11.3 Å². The number of carbonyl (C=O) groups excluding carboxylic acids is 1. The summed E-state index contributed by atoms with van der Waals surface area (Å²) in [7, 11) is 1.60. The SMILES string of the molecule is CNC(=O)C=Cc1cnc(N)c2c(-c3ccc4[nH]c(C)cc4c3)csc12. The van der Waals surface area contributed by atoms with E-state index >= 15 is 0 Å². The lowest BCUT2D eigenvalue weighted by Crippen LogP contribution is -2.13. The van der Waals surface area contributed by atoms with Crippen molar-refractivity contribution in [3.63, 3.8) is 0 Å². The second-order valence-electron chi connectivity index (χ2n) is 6.15. The molecule has 1 amide bonds. The molecule has 130 valence electrons. The van der Waals surface area contributed by atoms with Crippen molar-refractivity contribution in [2.24, 2.45) is 0 Å². The Morgan fingerprint density at radius 2 is 2.19 bits per heavy atom. The Morgan fingerprint density at radius 1 is 1.35 bits per heavy atom. The number of aryl methyl sites for hydroxylation is 1. The van der Waals surface area contributed by atoms with Gasteiger partial charge in [-0.1, -0.05) is 6.07 Å². The molecule has 0 radical (unpaired) electrons. The number of hydrogen-bond donors (Lipinski definition) is 3. The first-order valence-corrected chi connectivity index (χ1v) is 9.10. The zero-order valence-electron chi connectivity index (χ0n) is 14.5. The number of H-pyrrole nitrogens is 1. The molecule has 3 aromatic heterocycles. The molecule has 4 N–H and O–H groups in total. The number of anilines is 1. The summed E-state index contributed by atoms with van der Waals surface area (Å²) < 4.78 is 1.03. The van der Waals surface area contributed by atoms with E-state index in [1.54, 1.807) is 30.7 Å². The molecule has 6 heteroatoms. The van der Waals surface area contributed by atoms with Crippen LogP contribution in [-0.2, 0) is 4.79 Å². The Kier molecular flexibility index (Phi) is 3.97. The molecule has 0 fully saturated rings. The van der Waals surface area contributed by atoms with E-state index in [0.29, 0.717) is 5.82 Å². The molecule has 0 aliphatic rings. The third-order valence-electron chi connectivity index (χ3n) is 4.38. The van der Waals surface area contributed by atoms with Crippen LogP contribution in [0.4, 0.5) is 5.82 Å². The molecule has 0 atom stereocenters. The van der Waals surface area contributed by atoms with E-state index in [-0.39, 0.29) is 5.91 Å². The number of fused-ring (bicyclic) bond motifs is 2. The summed E-state index contributed by atoms with van der Waals surface area (Å²) >= 11 is 1.61. The summed E-state index contributed by atoms with van der Waals surface area (Å²) in [5.74, 6) is 0.346. The van der Waals surface area contributed by atoms with Crippen LogP contribution < -0.4 is 11.1 Å². The monoisotopic (exact) mass is 362 g/mol. The van der Waals surface area contributed by atoms with E-state index in [1.807, 2.05) is 6.92 Å². The molecule has 0 bridgehead atoms. The van der Waals surface area contributed by atoms with Crippen LogP contribution in [0.1, 0.15) is 11.3 Å². The first kappa shape index (κ1) is 16.4. The van der Waals surface area contributed by atoms with Crippen LogP contribution in [0.2, 0.25) is 0 Å². The minimum atomic E-state index is -0.153. The molecule has 0 saturated carbocycles. The van der Waals surface area contributed by atoms with E-state index in [0.717, 1.165) is 38.0 Å². The van der Waals surface area contributed by atoms with Crippen LogP contribution in [0.5, 0.6) is 0 Å². The van der Waals surface area contributed by atoms with E-state index in [1.165, 1.54) is 11.5 Å². The first-order chi connectivity index (χ1) is 12.6. The number of benzene rings is 1. The zero-order valence-corrected chi connectivity index (χ0v) is 15.3. The van der Waals surface area contributed by atoms with E-state index in [2.05, 4.69) is 44.9 Å². The molecule has 1 aromatic carbocycles. The minimum Gasteiger partial charge on any atom is -0.383 e. The summed E-state index contributed by atoms with van der Waals surface area (Å²) in [5, 5.41) is 6.77. The van der Waals surface area contributed by atoms with Gasteiger partial charge in [-0.2, -0.15) is 0 Å². The lowest BCUT2D eigenvalue weighted by Gasteiger charge is -2.04. The van der Waals surface area contributed by atoms with Gasteiger partial charge < -0.3 is 16.0 Å². The third-order valence-corrected chi connectivity index (χ3v) is 5.41. The number of pyridine rings is 1. The summed E-state index contributed by atoms with van der Waals surface area (Å²) in [4.78, 5) is 19.2. The van der Waals surface area contributed by atoms with Crippen molar-refractivity contribution in [1.29, 1.82) is 0 Å². The highest BCUT2D eigenvalue weighted by Crippen LogP contribution is 2.39. The fraction of sp³-hybridized carbons (Fsp3) is 0.100. The highest BCUT2D eigenvalue weighted by atomic mass is 32.1. The van der Waals surface area contributed by atoms with Gasteiger partial charge in [0.2, 0.25) is 5.91 Å². The number of amides is 1. The summed E-state index contributed by atoms with van der Waals surface area (Å²) in [6.07, 6.45) is 4.98. The van der Waals surface area contributed by atoms with Gasteiger partial charge >= 0.3 is 0 Å². The van der Waals surface area contributed by atoms with E-state index in [4.69, 9.17) is 5.73 Å². The quantitative estimate of drug-likeness (QED) is 0.480. The summed E-state index contributed by atoms with van der Waals surface area (Å²) in [5.41, 5.74) is 11.5.